The summed E-state index contributed by atoms with van der Waals surface area (Å²) in [7, 11) is -3.63. The van der Waals surface area contributed by atoms with Gasteiger partial charge in [-0.15, -0.1) is 11.8 Å². The van der Waals surface area contributed by atoms with Crippen LogP contribution in [0.1, 0.15) is 13.8 Å². The normalized spacial score (nSPS) is 11.3. The summed E-state index contributed by atoms with van der Waals surface area (Å²) in [4.78, 5) is 13.4. The van der Waals surface area contributed by atoms with Crippen LogP contribution in [0.3, 0.4) is 0 Å². The van der Waals surface area contributed by atoms with Gasteiger partial charge in [0.2, 0.25) is 15.9 Å². The van der Waals surface area contributed by atoms with E-state index in [2.05, 4.69) is 5.32 Å². The zero-order chi connectivity index (χ0) is 20.0. The Morgan fingerprint density at radius 2 is 1.78 bits per heavy atom. The molecule has 8 heteroatoms. The van der Waals surface area contributed by atoms with Gasteiger partial charge in [0.15, 0.2) is 0 Å². The van der Waals surface area contributed by atoms with Gasteiger partial charge in [0, 0.05) is 4.90 Å². The highest BCUT2D eigenvalue weighted by Crippen LogP contribution is 2.25. The summed E-state index contributed by atoms with van der Waals surface area (Å²) in [5, 5.41) is 2.78. The molecule has 0 radical (unpaired) electrons. The number of benzene rings is 2. The topological polar surface area (TPSA) is 75.7 Å². The summed E-state index contributed by atoms with van der Waals surface area (Å²) < 4.78 is 31.1. The number of thioether (sulfide) groups is 1. The Labute approximate surface area is 165 Å². The van der Waals surface area contributed by atoms with E-state index in [9.17, 15) is 13.2 Å². The summed E-state index contributed by atoms with van der Waals surface area (Å²) in [6.45, 7) is 3.51. The minimum atomic E-state index is -3.63. The first-order valence-electron chi connectivity index (χ1n) is 8.38. The first-order valence-corrected chi connectivity index (χ1v) is 11.5. The Hall–Kier alpha value is -2.19. The Morgan fingerprint density at radius 3 is 2.33 bits per heavy atom. The lowest BCUT2D eigenvalue weighted by Crippen LogP contribution is -2.37. The van der Waals surface area contributed by atoms with Crippen molar-refractivity contribution in [2.24, 2.45) is 0 Å². The molecule has 0 aliphatic heterocycles. The smallest absolute Gasteiger partial charge is 0.245 e. The molecule has 146 valence electrons. The van der Waals surface area contributed by atoms with Gasteiger partial charge >= 0.3 is 0 Å². The molecule has 0 aromatic heterocycles. The predicted molar refractivity (Wildman–Crippen MR) is 111 cm³/mol. The number of sulfonamides is 1. The summed E-state index contributed by atoms with van der Waals surface area (Å²) in [6.07, 6.45) is 3.01. The maximum absolute atomic E-state index is 12.5. The molecule has 0 spiro atoms. The summed E-state index contributed by atoms with van der Waals surface area (Å²) >= 11 is 1.50. The van der Waals surface area contributed by atoms with Crippen LogP contribution in [0.2, 0.25) is 0 Å². The maximum atomic E-state index is 12.5. The first kappa shape index (κ1) is 21.1. The molecule has 0 atom stereocenters. The molecule has 0 fully saturated rings. The Balaban J connectivity index is 2.18. The van der Waals surface area contributed by atoms with Gasteiger partial charge in [-0.3, -0.25) is 9.10 Å². The number of hydrogen-bond acceptors (Lipinski definition) is 5. The van der Waals surface area contributed by atoms with Crippen LogP contribution in [0, 0.1) is 0 Å². The number of para-hydroxylation sites is 1. The van der Waals surface area contributed by atoms with E-state index >= 15 is 0 Å². The van der Waals surface area contributed by atoms with Gasteiger partial charge in [-0.25, -0.2) is 8.42 Å². The molecule has 0 unspecified atom stereocenters. The van der Waals surface area contributed by atoms with Gasteiger partial charge in [0.05, 0.1) is 23.7 Å². The molecule has 2 rings (SSSR count). The van der Waals surface area contributed by atoms with Crippen molar-refractivity contribution < 1.29 is 17.9 Å². The molecule has 1 N–H and O–H groups in total. The van der Waals surface area contributed by atoms with Crippen LogP contribution in [0.15, 0.2) is 53.4 Å². The molecule has 2 aromatic rings. The van der Waals surface area contributed by atoms with Crippen LogP contribution in [-0.2, 0) is 14.8 Å². The summed E-state index contributed by atoms with van der Waals surface area (Å²) in [6, 6.07) is 14.0. The molecule has 2 aromatic carbocycles. The second kappa shape index (κ2) is 9.14. The van der Waals surface area contributed by atoms with Crippen LogP contribution in [0.5, 0.6) is 5.75 Å². The third-order valence-electron chi connectivity index (χ3n) is 3.57. The van der Waals surface area contributed by atoms with Crippen LogP contribution < -0.4 is 14.4 Å². The van der Waals surface area contributed by atoms with Crippen LogP contribution >= 0.6 is 11.8 Å². The maximum Gasteiger partial charge on any atom is 0.245 e. The molecule has 0 aliphatic carbocycles. The molecule has 0 saturated carbocycles. The SMILES string of the molecule is CSc1ccccc1NC(=O)CN(c1ccc(OC(C)C)cc1)S(C)(=O)=O. The average molecular weight is 409 g/mol. The fourth-order valence-electron chi connectivity index (χ4n) is 2.43. The lowest BCUT2D eigenvalue weighted by atomic mass is 10.3. The second-order valence-electron chi connectivity index (χ2n) is 6.18. The lowest BCUT2D eigenvalue weighted by molar-refractivity contribution is -0.114. The summed E-state index contributed by atoms with van der Waals surface area (Å²) in [5.41, 5.74) is 1.06. The van der Waals surface area contributed by atoms with E-state index in [0.717, 1.165) is 15.5 Å². The number of ether oxygens (including phenoxy) is 1. The molecule has 6 nitrogen and oxygen atoms in total. The number of hydrogen-bond donors (Lipinski definition) is 1. The van der Waals surface area contributed by atoms with E-state index < -0.39 is 15.9 Å². The van der Waals surface area contributed by atoms with Gasteiger partial charge in [0.25, 0.3) is 0 Å². The highest BCUT2D eigenvalue weighted by atomic mass is 32.2. The molecular formula is C19H24N2O4S2. The fourth-order valence-corrected chi connectivity index (χ4v) is 3.84. The highest BCUT2D eigenvalue weighted by Gasteiger charge is 2.21. The van der Waals surface area contributed by atoms with Gasteiger partial charge in [0.1, 0.15) is 12.3 Å². The van der Waals surface area contributed by atoms with Crippen molar-refractivity contribution in [2.45, 2.75) is 24.8 Å². The minimum absolute atomic E-state index is 0.0177. The predicted octanol–water partition coefficient (Wildman–Crippen LogP) is 3.60. The Bertz CT molecular complexity index is 881. The molecule has 1 amide bonds. The molecular weight excluding hydrogens is 384 g/mol. The highest BCUT2D eigenvalue weighted by molar-refractivity contribution is 7.98. The van der Waals surface area contributed by atoms with Gasteiger partial charge < -0.3 is 10.1 Å². The number of carbonyl (C=O) groups excluding carboxylic acids is 1. The van der Waals surface area contributed by atoms with Crippen molar-refractivity contribution in [1.82, 2.24) is 0 Å². The standard InChI is InChI=1S/C19H24N2O4S2/c1-14(2)25-16-11-9-15(10-12-16)21(27(4,23)24)13-19(22)20-17-7-5-6-8-18(17)26-3/h5-12,14H,13H2,1-4H3,(H,20,22). The van der Waals surface area contributed by atoms with E-state index in [4.69, 9.17) is 4.74 Å². The van der Waals surface area contributed by atoms with Crippen LogP contribution in [-0.4, -0.2) is 39.5 Å². The van der Waals surface area contributed by atoms with Gasteiger partial charge in [-0.05, 0) is 56.5 Å². The number of nitrogens with one attached hydrogen (secondary N) is 1. The van der Waals surface area contributed by atoms with Crippen LogP contribution in [0.4, 0.5) is 11.4 Å². The zero-order valence-electron chi connectivity index (χ0n) is 15.8. The van der Waals surface area contributed by atoms with Crippen LogP contribution in [0.25, 0.3) is 0 Å². The molecule has 0 saturated heterocycles. The molecule has 27 heavy (non-hydrogen) atoms. The lowest BCUT2D eigenvalue weighted by Gasteiger charge is -2.22. The van der Waals surface area contributed by atoms with E-state index in [1.54, 1.807) is 30.3 Å². The van der Waals surface area contributed by atoms with Crippen molar-refractivity contribution in [3.05, 3.63) is 48.5 Å². The van der Waals surface area contributed by atoms with Gasteiger partial charge in [-0.2, -0.15) is 0 Å². The summed E-state index contributed by atoms with van der Waals surface area (Å²) in [5.74, 6) is 0.227. The van der Waals surface area contributed by atoms with Crippen molar-refractivity contribution >= 4 is 39.1 Å². The molecule has 0 bridgehead atoms. The second-order valence-corrected chi connectivity index (χ2v) is 8.93. The average Bonchev–Trinajstić information content (AvgIpc) is 2.59. The number of carbonyl (C=O) groups is 1. The number of amides is 1. The zero-order valence-corrected chi connectivity index (χ0v) is 17.4. The van der Waals surface area contributed by atoms with Crippen molar-refractivity contribution in [3.63, 3.8) is 0 Å². The van der Waals surface area contributed by atoms with Crippen molar-refractivity contribution in [2.75, 3.05) is 28.7 Å². The fraction of sp³-hybridized carbons (Fsp3) is 0.316. The van der Waals surface area contributed by atoms with E-state index in [1.807, 2.05) is 38.3 Å². The largest absolute Gasteiger partial charge is 0.491 e. The Kier molecular flexibility index (Phi) is 7.15. The number of nitrogens with zero attached hydrogens (tertiary/aromatic N) is 1. The third kappa shape index (κ3) is 6.18. The van der Waals surface area contributed by atoms with Crippen molar-refractivity contribution in [3.8, 4) is 5.75 Å². The van der Waals surface area contributed by atoms with E-state index in [1.165, 1.54) is 11.8 Å². The van der Waals surface area contributed by atoms with E-state index in [0.29, 0.717) is 17.1 Å². The molecule has 0 aliphatic rings. The molecule has 0 heterocycles. The first-order chi connectivity index (χ1) is 12.7. The number of anilines is 2. The number of rotatable bonds is 8. The van der Waals surface area contributed by atoms with Crippen molar-refractivity contribution in [1.29, 1.82) is 0 Å². The van der Waals surface area contributed by atoms with E-state index in [-0.39, 0.29) is 12.6 Å². The minimum Gasteiger partial charge on any atom is -0.491 e. The third-order valence-corrected chi connectivity index (χ3v) is 5.50. The monoisotopic (exact) mass is 408 g/mol. The Morgan fingerprint density at radius 1 is 1.15 bits per heavy atom. The quantitative estimate of drug-likeness (QED) is 0.676. The van der Waals surface area contributed by atoms with Gasteiger partial charge in [-0.1, -0.05) is 12.1 Å².